The summed E-state index contributed by atoms with van der Waals surface area (Å²) in [6, 6.07) is 0.515. The molecule has 1 rings (SSSR count). The number of nitro groups is 1. The number of carbonyl (C=O) groups is 1. The SMILES string of the molecule is CC(C)CC(CN)NC(=O)c1cc(F)c(F)cc1[N+](=O)[O-]. The van der Waals surface area contributed by atoms with Crippen LogP contribution in [-0.2, 0) is 0 Å². The van der Waals surface area contributed by atoms with Gasteiger partial charge in [-0.05, 0) is 18.4 Å². The molecule has 0 saturated carbocycles. The second-order valence-corrected chi connectivity index (χ2v) is 5.08. The van der Waals surface area contributed by atoms with Gasteiger partial charge in [-0.3, -0.25) is 14.9 Å². The largest absolute Gasteiger partial charge is 0.348 e. The van der Waals surface area contributed by atoms with Crippen molar-refractivity contribution in [3.8, 4) is 0 Å². The summed E-state index contributed by atoms with van der Waals surface area (Å²) in [7, 11) is 0. The van der Waals surface area contributed by atoms with Crippen molar-refractivity contribution in [3.63, 3.8) is 0 Å². The molecule has 0 aromatic heterocycles. The highest BCUT2D eigenvalue weighted by atomic mass is 19.2. The first-order chi connectivity index (χ1) is 9.76. The Morgan fingerprint density at radius 2 is 1.95 bits per heavy atom. The van der Waals surface area contributed by atoms with E-state index in [-0.39, 0.29) is 12.5 Å². The fourth-order valence-electron chi connectivity index (χ4n) is 1.92. The van der Waals surface area contributed by atoms with Crippen LogP contribution in [0.5, 0.6) is 0 Å². The summed E-state index contributed by atoms with van der Waals surface area (Å²) in [4.78, 5) is 21.9. The highest BCUT2D eigenvalue weighted by Crippen LogP contribution is 2.22. The van der Waals surface area contributed by atoms with Gasteiger partial charge < -0.3 is 11.1 Å². The summed E-state index contributed by atoms with van der Waals surface area (Å²) in [6.07, 6.45) is 0.569. The molecule has 0 heterocycles. The van der Waals surface area contributed by atoms with Crippen LogP contribution in [0, 0.1) is 27.7 Å². The van der Waals surface area contributed by atoms with Gasteiger partial charge in [-0.25, -0.2) is 8.78 Å². The van der Waals surface area contributed by atoms with Crippen LogP contribution in [0.1, 0.15) is 30.6 Å². The number of rotatable bonds is 6. The molecule has 0 spiro atoms. The van der Waals surface area contributed by atoms with Crippen LogP contribution in [0.15, 0.2) is 12.1 Å². The maximum atomic E-state index is 13.2. The van der Waals surface area contributed by atoms with E-state index < -0.39 is 39.8 Å². The maximum absolute atomic E-state index is 13.2. The topological polar surface area (TPSA) is 98.3 Å². The lowest BCUT2D eigenvalue weighted by molar-refractivity contribution is -0.385. The van der Waals surface area contributed by atoms with E-state index in [0.29, 0.717) is 18.6 Å². The van der Waals surface area contributed by atoms with E-state index in [1.807, 2.05) is 13.8 Å². The van der Waals surface area contributed by atoms with Crippen molar-refractivity contribution in [2.75, 3.05) is 6.54 Å². The van der Waals surface area contributed by atoms with Gasteiger partial charge in [0.1, 0.15) is 5.56 Å². The molecule has 0 saturated heterocycles. The molecule has 8 heteroatoms. The van der Waals surface area contributed by atoms with Crippen LogP contribution in [-0.4, -0.2) is 23.4 Å². The number of amides is 1. The first-order valence-corrected chi connectivity index (χ1v) is 6.40. The Morgan fingerprint density at radius 3 is 2.43 bits per heavy atom. The van der Waals surface area contributed by atoms with Crippen molar-refractivity contribution in [1.29, 1.82) is 0 Å². The summed E-state index contributed by atoms with van der Waals surface area (Å²) in [5, 5.41) is 13.3. The van der Waals surface area contributed by atoms with Crippen LogP contribution in [0.3, 0.4) is 0 Å². The lowest BCUT2D eigenvalue weighted by Crippen LogP contribution is -2.41. The minimum absolute atomic E-state index is 0.140. The molecule has 0 fully saturated rings. The summed E-state index contributed by atoms with van der Waals surface area (Å²) in [6.45, 7) is 3.99. The monoisotopic (exact) mass is 301 g/mol. The Balaban J connectivity index is 3.06. The lowest BCUT2D eigenvalue weighted by Gasteiger charge is -2.18. The van der Waals surface area contributed by atoms with Crippen molar-refractivity contribution in [2.45, 2.75) is 26.3 Å². The van der Waals surface area contributed by atoms with Crippen molar-refractivity contribution in [2.24, 2.45) is 11.7 Å². The third-order valence-electron chi connectivity index (χ3n) is 2.86. The van der Waals surface area contributed by atoms with Crippen LogP contribution in [0.2, 0.25) is 0 Å². The molecule has 6 nitrogen and oxygen atoms in total. The molecule has 1 amide bonds. The number of nitrogens with two attached hydrogens (primary N) is 1. The molecule has 0 aliphatic carbocycles. The average Bonchev–Trinajstić information content (AvgIpc) is 2.39. The third-order valence-corrected chi connectivity index (χ3v) is 2.86. The molecule has 0 aliphatic heterocycles. The highest BCUT2D eigenvalue weighted by Gasteiger charge is 2.25. The summed E-state index contributed by atoms with van der Waals surface area (Å²) >= 11 is 0. The quantitative estimate of drug-likeness (QED) is 0.620. The molecule has 1 aromatic rings. The number of hydrogen-bond donors (Lipinski definition) is 2. The van der Waals surface area contributed by atoms with Crippen molar-refractivity contribution >= 4 is 11.6 Å². The Kier molecular flexibility index (Phi) is 5.71. The number of nitrogens with one attached hydrogen (secondary N) is 1. The van der Waals surface area contributed by atoms with Gasteiger partial charge in [-0.1, -0.05) is 13.8 Å². The first-order valence-electron chi connectivity index (χ1n) is 6.40. The number of hydrogen-bond acceptors (Lipinski definition) is 4. The molecule has 0 radical (unpaired) electrons. The minimum atomic E-state index is -1.38. The Bertz CT molecular complexity index is 550. The molecule has 0 bridgehead atoms. The van der Waals surface area contributed by atoms with E-state index in [0.717, 1.165) is 0 Å². The van der Waals surface area contributed by atoms with Gasteiger partial charge in [0.15, 0.2) is 11.6 Å². The number of nitrogens with zero attached hydrogens (tertiary/aromatic N) is 1. The third kappa shape index (κ3) is 4.45. The molecule has 116 valence electrons. The standard InChI is InChI=1S/C13H17F2N3O3/c1-7(2)3-8(6-16)17-13(19)9-4-10(14)11(15)5-12(9)18(20)21/h4-5,7-8H,3,6,16H2,1-2H3,(H,17,19). The molecule has 1 unspecified atom stereocenters. The smallest absolute Gasteiger partial charge is 0.285 e. The van der Waals surface area contributed by atoms with Gasteiger partial charge >= 0.3 is 0 Å². The lowest BCUT2D eigenvalue weighted by atomic mass is 10.0. The molecule has 21 heavy (non-hydrogen) atoms. The maximum Gasteiger partial charge on any atom is 0.285 e. The van der Waals surface area contributed by atoms with Gasteiger partial charge in [0, 0.05) is 12.6 Å². The Morgan fingerprint density at radius 1 is 1.38 bits per heavy atom. The normalized spacial score (nSPS) is 12.3. The first kappa shape index (κ1) is 17.0. The van der Waals surface area contributed by atoms with Gasteiger partial charge in [-0.15, -0.1) is 0 Å². The second kappa shape index (κ2) is 7.07. The van der Waals surface area contributed by atoms with Crippen molar-refractivity contribution < 1.29 is 18.5 Å². The van der Waals surface area contributed by atoms with Crippen LogP contribution >= 0.6 is 0 Å². The minimum Gasteiger partial charge on any atom is -0.348 e. The van der Waals surface area contributed by atoms with E-state index in [1.54, 1.807) is 0 Å². The van der Waals surface area contributed by atoms with Crippen LogP contribution in [0.25, 0.3) is 0 Å². The van der Waals surface area contributed by atoms with Gasteiger partial charge in [0.2, 0.25) is 0 Å². The average molecular weight is 301 g/mol. The fraction of sp³-hybridized carbons (Fsp3) is 0.462. The zero-order chi connectivity index (χ0) is 16.2. The van der Waals surface area contributed by atoms with E-state index in [4.69, 9.17) is 5.73 Å². The second-order valence-electron chi connectivity index (χ2n) is 5.08. The number of halogens is 2. The predicted molar refractivity (Wildman–Crippen MR) is 72.8 cm³/mol. The van der Waals surface area contributed by atoms with Gasteiger partial charge in [0.25, 0.3) is 11.6 Å². The number of benzene rings is 1. The molecule has 1 atom stereocenters. The summed E-state index contributed by atoms with van der Waals surface area (Å²) in [5.74, 6) is -3.30. The van der Waals surface area contributed by atoms with Crippen molar-refractivity contribution in [1.82, 2.24) is 5.32 Å². The molecule has 0 aliphatic rings. The predicted octanol–water partition coefficient (Wildman–Crippen LogP) is 1.98. The zero-order valence-electron chi connectivity index (χ0n) is 11.7. The van der Waals surface area contributed by atoms with Crippen LogP contribution < -0.4 is 11.1 Å². The molecule has 1 aromatic carbocycles. The van der Waals surface area contributed by atoms with Crippen molar-refractivity contribution in [3.05, 3.63) is 39.4 Å². The molecular weight excluding hydrogens is 284 g/mol. The van der Waals surface area contributed by atoms with E-state index >= 15 is 0 Å². The fourth-order valence-corrected chi connectivity index (χ4v) is 1.92. The highest BCUT2D eigenvalue weighted by molar-refractivity contribution is 5.98. The van der Waals surface area contributed by atoms with E-state index in [2.05, 4.69) is 5.32 Å². The van der Waals surface area contributed by atoms with Gasteiger partial charge in [-0.2, -0.15) is 0 Å². The summed E-state index contributed by atoms with van der Waals surface area (Å²) in [5.41, 5.74) is 4.20. The number of nitro benzene ring substituents is 1. The van der Waals surface area contributed by atoms with E-state index in [9.17, 15) is 23.7 Å². The number of carbonyl (C=O) groups excluding carboxylic acids is 1. The van der Waals surface area contributed by atoms with Gasteiger partial charge in [0.05, 0.1) is 11.0 Å². The molecular formula is C13H17F2N3O3. The van der Waals surface area contributed by atoms with E-state index in [1.165, 1.54) is 0 Å². The summed E-state index contributed by atoms with van der Waals surface area (Å²) < 4.78 is 26.3. The van der Waals surface area contributed by atoms with Crippen LogP contribution in [0.4, 0.5) is 14.5 Å². The molecule has 3 N–H and O–H groups in total. The Labute approximate surface area is 120 Å². The zero-order valence-corrected chi connectivity index (χ0v) is 11.7. The Hall–Kier alpha value is -2.09.